The zero-order valence-corrected chi connectivity index (χ0v) is 18.0. The first-order chi connectivity index (χ1) is 15.6. The van der Waals surface area contributed by atoms with Crippen LogP contribution in [0.1, 0.15) is 34.5 Å². The van der Waals surface area contributed by atoms with E-state index in [1.165, 1.54) is 5.56 Å². The molecule has 2 fully saturated rings. The number of aromatic nitrogens is 4. The normalized spacial score (nSPS) is 17.3. The van der Waals surface area contributed by atoms with Crippen LogP contribution >= 0.6 is 0 Å². The molecule has 0 atom stereocenters. The van der Waals surface area contributed by atoms with Gasteiger partial charge in [-0.1, -0.05) is 12.1 Å². The van der Waals surface area contributed by atoms with E-state index in [0.29, 0.717) is 11.1 Å². The maximum absolute atomic E-state index is 13.0. The number of ether oxygens (including phenoxy) is 1. The number of carbonyl (C=O) groups excluding carboxylic acids is 1. The highest BCUT2D eigenvalue weighted by molar-refractivity contribution is 5.95. The van der Waals surface area contributed by atoms with E-state index >= 15 is 0 Å². The number of carbonyl (C=O) groups is 1. The maximum Gasteiger partial charge on any atom is 0.270 e. The number of pyridine rings is 1. The highest BCUT2D eigenvalue weighted by Gasteiger charge is 2.50. The standard InChI is InChI=1S/C25H25N5O2/c1-29-10-7-21-23(29)18(11-17-3-5-20(6-4-17)30-9-2-8-26-30)12-22(28-21)24(31)27-19-13-25(14-19)15-32-16-25/h2-10,12,19H,11,13-16H2,1H3,(H,27,31). The third-order valence-electron chi connectivity index (χ3n) is 6.75. The molecule has 32 heavy (non-hydrogen) atoms. The lowest BCUT2D eigenvalue weighted by Crippen LogP contribution is -2.59. The number of amides is 1. The van der Waals surface area contributed by atoms with Gasteiger partial charge in [0.05, 0.1) is 29.9 Å². The average Bonchev–Trinajstić information content (AvgIpc) is 3.40. The number of rotatable bonds is 5. The van der Waals surface area contributed by atoms with Crippen molar-refractivity contribution in [2.45, 2.75) is 25.3 Å². The lowest BCUT2D eigenvalue weighted by molar-refractivity contribution is -0.165. The molecular weight excluding hydrogens is 402 g/mol. The van der Waals surface area contributed by atoms with E-state index in [2.05, 4.69) is 44.2 Å². The van der Waals surface area contributed by atoms with Gasteiger partial charge in [0, 0.05) is 37.1 Å². The van der Waals surface area contributed by atoms with Crippen molar-refractivity contribution >= 4 is 16.9 Å². The first-order valence-corrected chi connectivity index (χ1v) is 11.0. The quantitative estimate of drug-likeness (QED) is 0.531. The van der Waals surface area contributed by atoms with E-state index in [9.17, 15) is 4.79 Å². The van der Waals surface area contributed by atoms with Gasteiger partial charge < -0.3 is 14.6 Å². The van der Waals surface area contributed by atoms with Gasteiger partial charge in [-0.3, -0.25) is 4.79 Å². The molecule has 4 heterocycles. The van der Waals surface area contributed by atoms with Crippen LogP contribution in [0.4, 0.5) is 0 Å². The highest BCUT2D eigenvalue weighted by atomic mass is 16.5. The number of nitrogens with one attached hydrogen (secondary N) is 1. The number of nitrogens with zero attached hydrogens (tertiary/aromatic N) is 4. The number of fused-ring (bicyclic) bond motifs is 1. The Hall–Kier alpha value is -3.45. The minimum atomic E-state index is -0.0916. The molecule has 0 unspecified atom stereocenters. The summed E-state index contributed by atoms with van der Waals surface area (Å²) in [6, 6.07) is 14.4. The lowest BCUT2D eigenvalue weighted by atomic mass is 9.64. The molecule has 1 saturated carbocycles. The Morgan fingerprint density at radius 3 is 2.69 bits per heavy atom. The minimum absolute atomic E-state index is 0.0916. The minimum Gasteiger partial charge on any atom is -0.380 e. The van der Waals surface area contributed by atoms with E-state index in [4.69, 9.17) is 4.74 Å². The summed E-state index contributed by atoms with van der Waals surface area (Å²) in [5, 5.41) is 7.45. The summed E-state index contributed by atoms with van der Waals surface area (Å²) in [4.78, 5) is 17.6. The third kappa shape index (κ3) is 3.29. The summed E-state index contributed by atoms with van der Waals surface area (Å²) in [6.45, 7) is 1.66. The van der Waals surface area contributed by atoms with Crippen molar-refractivity contribution in [2.24, 2.45) is 12.5 Å². The first-order valence-electron chi connectivity index (χ1n) is 11.0. The van der Waals surface area contributed by atoms with Crippen LogP contribution in [-0.4, -0.2) is 44.5 Å². The Morgan fingerprint density at radius 2 is 2.00 bits per heavy atom. The Bertz CT molecular complexity index is 1280. The molecule has 162 valence electrons. The van der Waals surface area contributed by atoms with Crippen LogP contribution in [0.15, 0.2) is 61.1 Å². The summed E-state index contributed by atoms with van der Waals surface area (Å²) in [5.74, 6) is -0.0916. The fourth-order valence-corrected chi connectivity index (χ4v) is 5.03. The van der Waals surface area contributed by atoms with Gasteiger partial charge >= 0.3 is 0 Å². The van der Waals surface area contributed by atoms with E-state index in [0.717, 1.165) is 54.8 Å². The Morgan fingerprint density at radius 1 is 1.19 bits per heavy atom. The highest BCUT2D eigenvalue weighted by Crippen LogP contribution is 2.46. The molecule has 0 radical (unpaired) electrons. The average molecular weight is 428 g/mol. The van der Waals surface area contributed by atoms with Crippen molar-refractivity contribution in [2.75, 3.05) is 13.2 Å². The smallest absolute Gasteiger partial charge is 0.270 e. The molecular formula is C25H25N5O2. The zero-order chi connectivity index (χ0) is 21.7. The van der Waals surface area contributed by atoms with Crippen molar-refractivity contribution in [3.8, 4) is 5.69 Å². The van der Waals surface area contributed by atoms with E-state index < -0.39 is 0 Å². The van der Waals surface area contributed by atoms with Gasteiger partial charge in [0.1, 0.15) is 5.69 Å². The van der Waals surface area contributed by atoms with Gasteiger partial charge in [0.25, 0.3) is 5.91 Å². The van der Waals surface area contributed by atoms with Crippen LogP contribution in [0, 0.1) is 5.41 Å². The number of hydrogen-bond donors (Lipinski definition) is 1. The molecule has 4 aromatic rings. The van der Waals surface area contributed by atoms with Crippen LogP contribution in [0.3, 0.4) is 0 Å². The molecule has 0 bridgehead atoms. The van der Waals surface area contributed by atoms with Gasteiger partial charge in [0.15, 0.2) is 0 Å². The summed E-state index contributed by atoms with van der Waals surface area (Å²) in [6.07, 6.45) is 8.42. The monoisotopic (exact) mass is 427 g/mol. The van der Waals surface area contributed by atoms with Crippen molar-refractivity contribution in [3.63, 3.8) is 0 Å². The predicted octanol–water partition coefficient (Wildman–Crippen LogP) is 3.26. The number of hydrogen-bond acceptors (Lipinski definition) is 4. The van der Waals surface area contributed by atoms with Crippen molar-refractivity contribution in [1.82, 2.24) is 24.6 Å². The molecule has 1 spiro atoms. The molecule has 1 amide bonds. The molecule has 1 aliphatic carbocycles. The van der Waals surface area contributed by atoms with Gasteiger partial charge in [-0.25, -0.2) is 9.67 Å². The molecule has 1 N–H and O–H groups in total. The molecule has 1 saturated heterocycles. The molecule has 2 aliphatic rings. The molecule has 7 heteroatoms. The molecule has 3 aromatic heterocycles. The second-order valence-corrected chi connectivity index (χ2v) is 9.19. The summed E-state index contributed by atoms with van der Waals surface area (Å²) < 4.78 is 9.25. The fourth-order valence-electron chi connectivity index (χ4n) is 5.03. The van der Waals surface area contributed by atoms with Crippen molar-refractivity contribution in [1.29, 1.82) is 0 Å². The summed E-state index contributed by atoms with van der Waals surface area (Å²) >= 11 is 0. The largest absolute Gasteiger partial charge is 0.380 e. The predicted molar refractivity (Wildman–Crippen MR) is 121 cm³/mol. The zero-order valence-electron chi connectivity index (χ0n) is 18.0. The SMILES string of the molecule is Cn1ccc2nc(C(=O)NC3CC4(COC4)C3)cc(Cc3ccc(-n4cccn4)cc3)c21. The van der Waals surface area contributed by atoms with E-state index in [1.54, 1.807) is 6.20 Å². The second-order valence-electron chi connectivity index (χ2n) is 9.19. The van der Waals surface area contributed by atoms with Crippen LogP contribution in [0.2, 0.25) is 0 Å². The number of aryl methyl sites for hydroxylation is 1. The Kier molecular flexibility index (Phi) is 4.40. The third-order valence-corrected chi connectivity index (χ3v) is 6.75. The second kappa shape index (κ2) is 7.31. The summed E-state index contributed by atoms with van der Waals surface area (Å²) in [7, 11) is 2.02. The van der Waals surface area contributed by atoms with Crippen molar-refractivity contribution in [3.05, 3.63) is 77.9 Å². The summed E-state index contributed by atoms with van der Waals surface area (Å²) in [5.41, 5.74) is 6.00. The van der Waals surface area contributed by atoms with Gasteiger partial charge in [0.2, 0.25) is 0 Å². The van der Waals surface area contributed by atoms with Crippen LogP contribution < -0.4 is 5.32 Å². The lowest BCUT2D eigenvalue weighted by Gasteiger charge is -2.53. The fraction of sp³-hybridized carbons (Fsp3) is 0.320. The van der Waals surface area contributed by atoms with E-state index in [-0.39, 0.29) is 11.9 Å². The number of benzene rings is 1. The van der Waals surface area contributed by atoms with Crippen LogP contribution in [0.25, 0.3) is 16.7 Å². The molecule has 1 aliphatic heterocycles. The van der Waals surface area contributed by atoms with E-state index in [1.807, 2.05) is 42.3 Å². The maximum atomic E-state index is 13.0. The van der Waals surface area contributed by atoms with Gasteiger partial charge in [-0.05, 0) is 60.7 Å². The molecule has 6 rings (SSSR count). The first kappa shape index (κ1) is 19.3. The van der Waals surface area contributed by atoms with Crippen molar-refractivity contribution < 1.29 is 9.53 Å². The Labute approximate surface area is 186 Å². The van der Waals surface area contributed by atoms with Crippen LogP contribution in [-0.2, 0) is 18.2 Å². The Balaban J connectivity index is 1.25. The molecule has 1 aromatic carbocycles. The van der Waals surface area contributed by atoms with Crippen LogP contribution in [0.5, 0.6) is 0 Å². The van der Waals surface area contributed by atoms with Gasteiger partial charge in [-0.2, -0.15) is 5.10 Å². The topological polar surface area (TPSA) is 74.0 Å². The van der Waals surface area contributed by atoms with Gasteiger partial charge in [-0.15, -0.1) is 0 Å². The molecule has 7 nitrogen and oxygen atoms in total.